The summed E-state index contributed by atoms with van der Waals surface area (Å²) in [5, 5.41) is 5.29. The second-order valence-electron chi connectivity index (χ2n) is 4.66. The van der Waals surface area contributed by atoms with Gasteiger partial charge in [0.05, 0.1) is 0 Å². The van der Waals surface area contributed by atoms with E-state index < -0.39 is 0 Å². The number of thiophene rings is 2. The molecule has 2 nitrogen and oxygen atoms in total. The molecule has 3 aromatic rings. The summed E-state index contributed by atoms with van der Waals surface area (Å²) in [6.45, 7) is 4.36. The molecule has 0 atom stereocenters. The Hall–Kier alpha value is -1.26. The van der Waals surface area contributed by atoms with E-state index >= 15 is 0 Å². The number of hydrogen-bond acceptors (Lipinski definition) is 4. The number of hydrogen-bond donors (Lipinski definition) is 0. The fourth-order valence-electron chi connectivity index (χ4n) is 1.87. The number of rotatable bonds is 3. The van der Waals surface area contributed by atoms with Crippen LogP contribution in [0, 0.1) is 12.1 Å². The second kappa shape index (κ2) is 4.78. The zero-order chi connectivity index (χ0) is 12.5. The molecule has 18 heavy (non-hydrogen) atoms. The van der Waals surface area contributed by atoms with Gasteiger partial charge in [-0.25, -0.2) is 9.97 Å². The Morgan fingerprint density at radius 3 is 2.94 bits per heavy atom. The molecule has 0 saturated carbocycles. The van der Waals surface area contributed by atoms with Gasteiger partial charge in [-0.15, -0.1) is 22.7 Å². The molecule has 0 aromatic carbocycles. The van der Waals surface area contributed by atoms with Gasteiger partial charge in [0, 0.05) is 27.6 Å². The topological polar surface area (TPSA) is 25.8 Å². The smallest absolute Gasteiger partial charge is 0.131 e. The second-order valence-corrected chi connectivity index (χ2v) is 6.46. The minimum Gasteiger partial charge on any atom is -0.230 e. The van der Waals surface area contributed by atoms with Crippen LogP contribution in [0.4, 0.5) is 0 Å². The molecule has 0 N–H and O–H groups in total. The highest BCUT2D eigenvalue weighted by Gasteiger charge is 2.10. The van der Waals surface area contributed by atoms with E-state index in [4.69, 9.17) is 0 Å². The predicted molar refractivity (Wildman–Crippen MR) is 78.1 cm³/mol. The number of nitrogens with zero attached hydrogens (tertiary/aromatic N) is 2. The summed E-state index contributed by atoms with van der Waals surface area (Å²) in [6.07, 6.45) is 4.08. The minimum atomic E-state index is 0.576. The van der Waals surface area contributed by atoms with Gasteiger partial charge in [-0.05, 0) is 17.4 Å². The van der Waals surface area contributed by atoms with E-state index in [1.165, 1.54) is 10.4 Å². The highest BCUT2D eigenvalue weighted by atomic mass is 32.1. The molecule has 3 aromatic heterocycles. The average Bonchev–Trinajstić information content (AvgIpc) is 2.94. The molecule has 3 rings (SSSR count). The quantitative estimate of drug-likeness (QED) is 0.706. The number of aromatic nitrogens is 2. The Labute approximate surface area is 114 Å². The van der Waals surface area contributed by atoms with Crippen molar-refractivity contribution in [2.45, 2.75) is 20.3 Å². The van der Waals surface area contributed by atoms with Crippen molar-refractivity contribution < 1.29 is 0 Å². The normalized spacial score (nSPS) is 11.5. The minimum absolute atomic E-state index is 0.576. The van der Waals surface area contributed by atoms with Crippen LogP contribution in [-0.2, 0) is 6.42 Å². The van der Waals surface area contributed by atoms with Gasteiger partial charge in [0.1, 0.15) is 16.9 Å². The van der Waals surface area contributed by atoms with Gasteiger partial charge in [0.25, 0.3) is 0 Å². The zero-order valence-electron chi connectivity index (χ0n) is 10.3. The third-order valence-corrected chi connectivity index (χ3v) is 4.45. The maximum absolute atomic E-state index is 4.63. The molecule has 0 fully saturated rings. The van der Waals surface area contributed by atoms with Crippen LogP contribution in [0.5, 0.6) is 0 Å². The van der Waals surface area contributed by atoms with Gasteiger partial charge < -0.3 is 0 Å². The van der Waals surface area contributed by atoms with E-state index in [1.807, 2.05) is 0 Å². The van der Waals surface area contributed by atoms with Crippen molar-refractivity contribution >= 4 is 32.9 Å². The summed E-state index contributed by atoms with van der Waals surface area (Å²) in [6, 6.07) is 4.19. The van der Waals surface area contributed by atoms with Crippen LogP contribution < -0.4 is 0 Å². The molecular formula is C14H13N2S2. The average molecular weight is 273 g/mol. The van der Waals surface area contributed by atoms with Crippen molar-refractivity contribution in [3.05, 3.63) is 34.9 Å². The van der Waals surface area contributed by atoms with Crippen LogP contribution in [0.2, 0.25) is 0 Å². The summed E-state index contributed by atoms with van der Waals surface area (Å²) < 4.78 is 0. The Morgan fingerprint density at radius 1 is 1.33 bits per heavy atom. The molecular weight excluding hydrogens is 260 g/mol. The Balaban J connectivity index is 2.05. The molecule has 91 valence electrons. The van der Waals surface area contributed by atoms with Gasteiger partial charge in [-0.1, -0.05) is 19.9 Å². The molecule has 0 aliphatic heterocycles. The molecule has 0 aliphatic carbocycles. The first-order valence-corrected chi connectivity index (χ1v) is 7.69. The zero-order valence-corrected chi connectivity index (χ0v) is 11.9. The lowest BCUT2D eigenvalue weighted by molar-refractivity contribution is 0.623. The van der Waals surface area contributed by atoms with Crippen molar-refractivity contribution in [2.24, 2.45) is 5.92 Å². The lowest BCUT2D eigenvalue weighted by Crippen LogP contribution is -1.99. The first-order valence-electron chi connectivity index (χ1n) is 5.93. The van der Waals surface area contributed by atoms with Crippen molar-refractivity contribution in [1.82, 2.24) is 9.97 Å². The van der Waals surface area contributed by atoms with Crippen LogP contribution in [0.15, 0.2) is 22.9 Å². The molecule has 0 spiro atoms. The molecule has 1 radical (unpaired) electrons. The highest BCUT2D eigenvalue weighted by Crippen LogP contribution is 2.34. The van der Waals surface area contributed by atoms with E-state index in [2.05, 4.69) is 52.9 Å². The van der Waals surface area contributed by atoms with Gasteiger partial charge in [-0.3, -0.25) is 0 Å². The van der Waals surface area contributed by atoms with E-state index in [0.29, 0.717) is 5.92 Å². The summed E-state index contributed by atoms with van der Waals surface area (Å²) in [4.78, 5) is 11.3. The molecule has 0 unspecified atom stereocenters. The lowest BCUT2D eigenvalue weighted by atomic mass is 10.1. The highest BCUT2D eigenvalue weighted by molar-refractivity contribution is 7.18. The first-order chi connectivity index (χ1) is 8.74. The Morgan fingerprint density at radius 2 is 2.22 bits per heavy atom. The summed E-state index contributed by atoms with van der Waals surface area (Å²) in [7, 11) is 0. The Kier molecular flexibility index (Phi) is 3.14. The Bertz CT molecular complexity index is 654. The van der Waals surface area contributed by atoms with Crippen LogP contribution in [0.1, 0.15) is 19.7 Å². The van der Waals surface area contributed by atoms with Crippen LogP contribution >= 0.6 is 22.7 Å². The van der Waals surface area contributed by atoms with E-state index in [-0.39, 0.29) is 0 Å². The van der Waals surface area contributed by atoms with Crippen LogP contribution in [0.25, 0.3) is 20.7 Å². The molecule has 0 saturated heterocycles. The maximum Gasteiger partial charge on any atom is 0.131 e. The molecule has 3 heterocycles. The van der Waals surface area contributed by atoms with Crippen molar-refractivity contribution in [1.29, 1.82) is 0 Å². The van der Waals surface area contributed by atoms with E-state index in [0.717, 1.165) is 22.5 Å². The monoisotopic (exact) mass is 273 g/mol. The first kappa shape index (κ1) is 11.8. The fraction of sp³-hybridized carbons (Fsp3) is 0.286. The predicted octanol–water partition coefficient (Wildman–Crippen LogP) is 4.42. The number of fused-ring (bicyclic) bond motifs is 1. The van der Waals surface area contributed by atoms with E-state index in [9.17, 15) is 0 Å². The van der Waals surface area contributed by atoms with Gasteiger partial charge in [0.2, 0.25) is 0 Å². The molecule has 0 aliphatic rings. The molecule has 0 amide bonds. The molecule has 4 heteroatoms. The van der Waals surface area contributed by atoms with Gasteiger partial charge in [0.15, 0.2) is 0 Å². The van der Waals surface area contributed by atoms with Crippen molar-refractivity contribution in [2.75, 3.05) is 0 Å². The third-order valence-electron chi connectivity index (χ3n) is 2.68. The van der Waals surface area contributed by atoms with Crippen LogP contribution in [-0.4, -0.2) is 9.97 Å². The SMILES string of the molecule is CC(C)Cc1n[c]c2c(-c3cccs3)csc2n1. The standard InChI is InChI=1S/C14H13N2S2/c1-9(2)6-13-15-7-10-11(8-18-14(10)16-13)12-4-3-5-17-12/h3-5,8-9H,6H2,1-2H3. The third kappa shape index (κ3) is 2.18. The maximum atomic E-state index is 4.63. The van der Waals surface area contributed by atoms with Crippen molar-refractivity contribution in [3.63, 3.8) is 0 Å². The summed E-state index contributed by atoms with van der Waals surface area (Å²) in [5.74, 6) is 1.48. The summed E-state index contributed by atoms with van der Waals surface area (Å²) in [5.41, 5.74) is 1.21. The van der Waals surface area contributed by atoms with Gasteiger partial charge >= 0.3 is 0 Å². The van der Waals surface area contributed by atoms with Crippen molar-refractivity contribution in [3.8, 4) is 10.4 Å². The van der Waals surface area contributed by atoms with Crippen LogP contribution in [0.3, 0.4) is 0 Å². The summed E-state index contributed by atoms with van der Waals surface area (Å²) >= 11 is 3.42. The molecule has 0 bridgehead atoms. The largest absolute Gasteiger partial charge is 0.230 e. The van der Waals surface area contributed by atoms with Gasteiger partial charge in [-0.2, -0.15) is 0 Å². The van der Waals surface area contributed by atoms with E-state index in [1.54, 1.807) is 22.7 Å². The lowest BCUT2D eigenvalue weighted by Gasteiger charge is -2.02. The fourth-order valence-corrected chi connectivity index (χ4v) is 3.60.